The zero-order chi connectivity index (χ0) is 16.5. The van der Waals surface area contributed by atoms with Gasteiger partial charge < -0.3 is 4.90 Å². The van der Waals surface area contributed by atoms with Crippen molar-refractivity contribution in [1.29, 1.82) is 0 Å². The average molecular weight is 341 g/mol. The lowest BCUT2D eigenvalue weighted by atomic mass is 10.0. The van der Waals surface area contributed by atoms with Crippen LogP contribution in [-0.2, 0) is 11.2 Å². The highest BCUT2D eigenvalue weighted by molar-refractivity contribution is 7.19. The van der Waals surface area contributed by atoms with Crippen molar-refractivity contribution >= 4 is 22.2 Å². The van der Waals surface area contributed by atoms with Crippen LogP contribution in [0.25, 0.3) is 15.5 Å². The fourth-order valence-corrected chi connectivity index (χ4v) is 4.05. The highest BCUT2D eigenvalue weighted by atomic mass is 32.1. The summed E-state index contributed by atoms with van der Waals surface area (Å²) in [4.78, 5) is 15.4. The highest BCUT2D eigenvalue weighted by Gasteiger charge is 2.23. The van der Waals surface area contributed by atoms with Gasteiger partial charge in [-0.25, -0.2) is 0 Å². The third kappa shape index (κ3) is 2.91. The first kappa shape index (κ1) is 15.3. The molecule has 2 aromatic heterocycles. The number of carbonyl (C=O) groups is 1. The summed E-state index contributed by atoms with van der Waals surface area (Å²) in [5.74, 6) is 0.220. The number of amides is 1. The Morgan fingerprint density at radius 3 is 3.12 bits per heavy atom. The van der Waals surface area contributed by atoms with Crippen LogP contribution in [0.15, 0.2) is 30.6 Å². The second-order valence-corrected chi connectivity index (χ2v) is 7.23. The van der Waals surface area contributed by atoms with E-state index in [2.05, 4.69) is 28.3 Å². The largest absolute Gasteiger partial charge is 0.340 e. The van der Waals surface area contributed by atoms with Gasteiger partial charge in [-0.3, -0.25) is 4.79 Å². The van der Waals surface area contributed by atoms with E-state index >= 15 is 0 Å². The number of hydrogen-bond acceptors (Lipinski definition) is 5. The number of likely N-dealkylation sites (tertiary alicyclic amines) is 1. The Kier molecular flexibility index (Phi) is 4.02. The summed E-state index contributed by atoms with van der Waals surface area (Å²) in [5.41, 5.74) is 2.05. The zero-order valence-corrected chi connectivity index (χ0v) is 14.4. The molecule has 0 radical (unpaired) electrons. The third-order valence-corrected chi connectivity index (χ3v) is 5.50. The van der Waals surface area contributed by atoms with Crippen LogP contribution in [-0.4, -0.2) is 43.2 Å². The molecule has 1 aromatic carbocycles. The fraction of sp³-hybridized carbons (Fsp3) is 0.412. The van der Waals surface area contributed by atoms with Gasteiger partial charge in [-0.15, -0.1) is 10.2 Å². The Balaban J connectivity index is 1.54. The normalized spacial score (nSPS) is 18.2. The first-order valence-electron chi connectivity index (χ1n) is 8.26. The van der Waals surface area contributed by atoms with E-state index in [0.29, 0.717) is 12.5 Å². The van der Waals surface area contributed by atoms with Gasteiger partial charge in [0.1, 0.15) is 11.3 Å². The summed E-state index contributed by atoms with van der Waals surface area (Å²) in [6.45, 7) is 3.03. The predicted molar refractivity (Wildman–Crippen MR) is 92.8 cm³/mol. The molecule has 0 bridgehead atoms. The van der Waals surface area contributed by atoms with Gasteiger partial charge in [0.25, 0.3) is 0 Å². The standard InChI is InChI=1S/C17H19N5OS/c1-12-5-2-3-8-21(12)15(23)10-13-6-4-7-14(9-13)16-20-22-11-18-19-17(22)24-16/h4,6-7,9,11-12H,2-3,5,8,10H2,1H3. The minimum Gasteiger partial charge on any atom is -0.340 e. The molecule has 1 amide bonds. The van der Waals surface area contributed by atoms with Crippen molar-refractivity contribution in [3.63, 3.8) is 0 Å². The van der Waals surface area contributed by atoms with Crippen LogP contribution in [0.1, 0.15) is 31.7 Å². The number of rotatable bonds is 3. The van der Waals surface area contributed by atoms with Crippen LogP contribution >= 0.6 is 11.3 Å². The summed E-state index contributed by atoms with van der Waals surface area (Å²) in [5, 5.41) is 13.2. The number of carbonyl (C=O) groups excluding carboxylic acids is 1. The number of piperidine rings is 1. The maximum atomic E-state index is 12.6. The molecule has 0 saturated carbocycles. The summed E-state index contributed by atoms with van der Waals surface area (Å²) >= 11 is 1.50. The van der Waals surface area contributed by atoms with Crippen molar-refractivity contribution < 1.29 is 4.79 Å². The second kappa shape index (κ2) is 6.32. The molecule has 6 nitrogen and oxygen atoms in total. The van der Waals surface area contributed by atoms with E-state index in [1.54, 1.807) is 10.8 Å². The van der Waals surface area contributed by atoms with Crippen molar-refractivity contribution in [2.24, 2.45) is 0 Å². The van der Waals surface area contributed by atoms with Crippen molar-refractivity contribution in [1.82, 2.24) is 24.7 Å². The molecule has 1 atom stereocenters. The Bertz CT molecular complexity index is 842. The van der Waals surface area contributed by atoms with Crippen LogP contribution in [0.3, 0.4) is 0 Å². The highest BCUT2D eigenvalue weighted by Crippen LogP contribution is 2.26. The quantitative estimate of drug-likeness (QED) is 0.735. The van der Waals surface area contributed by atoms with Gasteiger partial charge in [-0.05, 0) is 37.8 Å². The molecule has 0 aliphatic carbocycles. The summed E-state index contributed by atoms with van der Waals surface area (Å²) < 4.78 is 1.67. The first-order chi connectivity index (χ1) is 11.7. The molecule has 1 fully saturated rings. The third-order valence-electron chi connectivity index (χ3n) is 4.54. The SMILES string of the molecule is CC1CCCCN1C(=O)Cc1cccc(-c2nn3cnnc3s2)c1. The zero-order valence-electron chi connectivity index (χ0n) is 13.6. The second-order valence-electron chi connectivity index (χ2n) is 6.27. The van der Waals surface area contributed by atoms with Crippen molar-refractivity contribution in [2.75, 3.05) is 6.54 Å². The lowest BCUT2D eigenvalue weighted by molar-refractivity contribution is -0.133. The Morgan fingerprint density at radius 2 is 2.29 bits per heavy atom. The smallest absolute Gasteiger partial charge is 0.234 e. The van der Waals surface area contributed by atoms with E-state index in [1.807, 2.05) is 23.1 Å². The van der Waals surface area contributed by atoms with Crippen LogP contribution in [0.4, 0.5) is 0 Å². The summed E-state index contributed by atoms with van der Waals surface area (Å²) in [6, 6.07) is 8.42. The Morgan fingerprint density at radius 1 is 1.38 bits per heavy atom. The molecule has 1 aliphatic heterocycles. The van der Waals surface area contributed by atoms with Gasteiger partial charge in [0, 0.05) is 18.2 Å². The maximum Gasteiger partial charge on any atom is 0.234 e. The van der Waals surface area contributed by atoms with Crippen LogP contribution in [0, 0.1) is 0 Å². The van der Waals surface area contributed by atoms with Crippen LogP contribution in [0.5, 0.6) is 0 Å². The first-order valence-corrected chi connectivity index (χ1v) is 9.08. The van der Waals surface area contributed by atoms with Crippen molar-refractivity contribution in [2.45, 2.75) is 38.6 Å². The van der Waals surface area contributed by atoms with Gasteiger partial charge in [0.2, 0.25) is 10.9 Å². The van der Waals surface area contributed by atoms with E-state index < -0.39 is 0 Å². The fourth-order valence-electron chi connectivity index (χ4n) is 3.24. The Hall–Kier alpha value is -2.28. The van der Waals surface area contributed by atoms with Crippen molar-refractivity contribution in [3.8, 4) is 10.6 Å². The molecule has 1 saturated heterocycles. The number of aromatic nitrogens is 4. The number of hydrogen-bond donors (Lipinski definition) is 0. The van der Waals surface area contributed by atoms with Gasteiger partial charge >= 0.3 is 0 Å². The molecule has 1 unspecified atom stereocenters. The molecule has 0 N–H and O–H groups in total. The molecular formula is C17H19N5OS. The summed E-state index contributed by atoms with van der Waals surface area (Å²) in [7, 11) is 0. The lowest BCUT2D eigenvalue weighted by Crippen LogP contribution is -2.42. The molecule has 7 heteroatoms. The Labute approximate surface area is 144 Å². The van der Waals surface area contributed by atoms with E-state index in [1.165, 1.54) is 17.8 Å². The number of benzene rings is 1. The topological polar surface area (TPSA) is 63.4 Å². The molecule has 1 aliphatic rings. The molecule has 124 valence electrons. The molecule has 24 heavy (non-hydrogen) atoms. The van der Waals surface area contributed by atoms with E-state index in [-0.39, 0.29) is 5.91 Å². The van der Waals surface area contributed by atoms with Crippen LogP contribution < -0.4 is 0 Å². The van der Waals surface area contributed by atoms with Gasteiger partial charge in [-0.2, -0.15) is 9.61 Å². The number of fused-ring (bicyclic) bond motifs is 1. The monoisotopic (exact) mass is 341 g/mol. The lowest BCUT2D eigenvalue weighted by Gasteiger charge is -2.33. The maximum absolute atomic E-state index is 12.6. The molecular weight excluding hydrogens is 322 g/mol. The van der Waals surface area contributed by atoms with Gasteiger partial charge in [-0.1, -0.05) is 29.5 Å². The van der Waals surface area contributed by atoms with E-state index in [0.717, 1.165) is 40.5 Å². The molecule has 3 heterocycles. The number of nitrogens with zero attached hydrogens (tertiary/aromatic N) is 5. The van der Waals surface area contributed by atoms with Crippen LogP contribution in [0.2, 0.25) is 0 Å². The van der Waals surface area contributed by atoms with E-state index in [4.69, 9.17) is 0 Å². The average Bonchev–Trinajstić information content (AvgIpc) is 3.17. The van der Waals surface area contributed by atoms with Gasteiger partial charge in [0.05, 0.1) is 6.42 Å². The molecule has 0 spiro atoms. The summed E-state index contributed by atoms with van der Waals surface area (Å²) in [6.07, 6.45) is 5.49. The minimum absolute atomic E-state index is 0.220. The minimum atomic E-state index is 0.220. The molecule has 4 rings (SSSR count). The molecule has 3 aromatic rings. The van der Waals surface area contributed by atoms with Crippen molar-refractivity contribution in [3.05, 3.63) is 36.2 Å². The van der Waals surface area contributed by atoms with E-state index in [9.17, 15) is 4.79 Å². The van der Waals surface area contributed by atoms with Gasteiger partial charge in [0.15, 0.2) is 0 Å². The predicted octanol–water partition coefficient (Wildman–Crippen LogP) is 2.80.